The minimum Gasteiger partial charge on any atom is -0.450 e. The number of hydrogen-bond donors (Lipinski definition) is 1. The molecular weight excluding hydrogens is 394 g/mol. The fraction of sp³-hybridized carbons (Fsp3) is 0.250. The number of rotatable bonds is 4. The van der Waals surface area contributed by atoms with E-state index in [9.17, 15) is 9.59 Å². The summed E-state index contributed by atoms with van der Waals surface area (Å²) in [5.74, 6) is 0.909. The zero-order valence-electron chi connectivity index (χ0n) is 17.6. The molecule has 0 aliphatic carbocycles. The van der Waals surface area contributed by atoms with Crippen LogP contribution in [0.25, 0.3) is 22.0 Å². The maximum atomic E-state index is 13.6. The summed E-state index contributed by atoms with van der Waals surface area (Å²) in [6.07, 6.45) is 5.27. The highest BCUT2D eigenvalue weighted by atomic mass is 16.5. The molecule has 0 amide bonds. The lowest BCUT2D eigenvalue weighted by Crippen LogP contribution is -2.37. The summed E-state index contributed by atoms with van der Waals surface area (Å²) in [4.78, 5) is 29.1. The second-order valence-electron chi connectivity index (χ2n) is 8.01. The van der Waals surface area contributed by atoms with Crippen LogP contribution in [-0.4, -0.2) is 27.3 Å². The lowest BCUT2D eigenvalue weighted by molar-refractivity contribution is -0.0250. The van der Waals surface area contributed by atoms with E-state index in [0.29, 0.717) is 30.0 Å². The molecule has 0 atom stereocenters. The molecule has 0 spiro atoms. The van der Waals surface area contributed by atoms with E-state index in [-0.39, 0.29) is 22.9 Å². The molecule has 1 saturated heterocycles. The normalized spacial score (nSPS) is 14.0. The van der Waals surface area contributed by atoms with Gasteiger partial charge >= 0.3 is 0 Å². The number of aryl methyl sites for hydroxylation is 3. The molecule has 31 heavy (non-hydrogen) atoms. The van der Waals surface area contributed by atoms with Crippen LogP contribution in [0.5, 0.6) is 11.5 Å². The molecule has 7 nitrogen and oxygen atoms in total. The maximum absolute atomic E-state index is 13.6. The van der Waals surface area contributed by atoms with Crippen molar-refractivity contribution in [2.75, 3.05) is 13.2 Å². The standard InChI is InChI=1S/C24H23N3O4/c1-14-5-4-6-15(2)21(14)31-22-18(8-10-27(24(22)29)16-12-30-13-16)19-11-26(3)23(28)20-17(19)7-9-25-20/h4-11,16,25H,12-13H2,1-3H3. The van der Waals surface area contributed by atoms with Crippen molar-refractivity contribution in [2.24, 2.45) is 7.05 Å². The van der Waals surface area contributed by atoms with Crippen LogP contribution in [0, 0.1) is 13.8 Å². The average Bonchev–Trinajstić information content (AvgIpc) is 3.19. The van der Waals surface area contributed by atoms with Crippen molar-refractivity contribution in [3.8, 4) is 22.6 Å². The first-order chi connectivity index (χ1) is 15.0. The van der Waals surface area contributed by atoms with Crippen LogP contribution in [0.2, 0.25) is 0 Å². The number of ether oxygens (including phenoxy) is 2. The first-order valence-corrected chi connectivity index (χ1v) is 10.2. The van der Waals surface area contributed by atoms with Crippen molar-refractivity contribution in [3.63, 3.8) is 0 Å². The number of aromatic amines is 1. The fourth-order valence-electron chi connectivity index (χ4n) is 4.06. The van der Waals surface area contributed by atoms with Crippen molar-refractivity contribution < 1.29 is 9.47 Å². The van der Waals surface area contributed by atoms with Gasteiger partial charge in [-0.15, -0.1) is 0 Å². The van der Waals surface area contributed by atoms with Crippen LogP contribution in [-0.2, 0) is 11.8 Å². The van der Waals surface area contributed by atoms with Crippen LogP contribution in [0.1, 0.15) is 17.2 Å². The van der Waals surface area contributed by atoms with E-state index in [1.54, 1.807) is 30.2 Å². The summed E-state index contributed by atoms with van der Waals surface area (Å²) in [5, 5.41) is 0.749. The molecule has 4 aromatic rings. The lowest BCUT2D eigenvalue weighted by Gasteiger charge is -2.28. The van der Waals surface area contributed by atoms with Gasteiger partial charge in [-0.05, 0) is 37.1 Å². The van der Waals surface area contributed by atoms with Gasteiger partial charge in [-0.1, -0.05) is 18.2 Å². The molecule has 0 unspecified atom stereocenters. The van der Waals surface area contributed by atoms with Crippen LogP contribution < -0.4 is 15.9 Å². The van der Waals surface area contributed by atoms with Crippen molar-refractivity contribution in [1.82, 2.24) is 14.1 Å². The average molecular weight is 417 g/mol. The van der Waals surface area contributed by atoms with Crippen LogP contribution in [0.3, 0.4) is 0 Å². The number of pyridine rings is 2. The second-order valence-corrected chi connectivity index (χ2v) is 8.01. The highest BCUT2D eigenvalue weighted by Crippen LogP contribution is 2.36. The number of fused-ring (bicyclic) bond motifs is 1. The van der Waals surface area contributed by atoms with Crippen molar-refractivity contribution in [3.05, 3.63) is 80.8 Å². The third kappa shape index (κ3) is 3.09. The molecule has 4 heterocycles. The number of nitrogens with one attached hydrogen (secondary N) is 1. The van der Waals surface area contributed by atoms with E-state index in [1.807, 2.05) is 44.2 Å². The van der Waals surface area contributed by atoms with Crippen LogP contribution in [0.4, 0.5) is 0 Å². The summed E-state index contributed by atoms with van der Waals surface area (Å²) in [7, 11) is 1.70. The molecule has 0 radical (unpaired) electrons. The number of hydrogen-bond acceptors (Lipinski definition) is 4. The topological polar surface area (TPSA) is 78.2 Å². The molecule has 3 aromatic heterocycles. The van der Waals surface area contributed by atoms with Gasteiger partial charge in [-0.2, -0.15) is 0 Å². The van der Waals surface area contributed by atoms with Gasteiger partial charge in [0.15, 0.2) is 0 Å². The van der Waals surface area contributed by atoms with Crippen LogP contribution in [0.15, 0.2) is 58.5 Å². The highest BCUT2D eigenvalue weighted by Gasteiger charge is 2.26. The highest BCUT2D eigenvalue weighted by molar-refractivity contribution is 5.95. The maximum Gasteiger partial charge on any atom is 0.294 e. The number of nitrogens with zero attached hydrogens (tertiary/aromatic N) is 2. The fourth-order valence-corrected chi connectivity index (χ4v) is 4.06. The quantitative estimate of drug-likeness (QED) is 0.550. The number of H-pyrrole nitrogens is 1. The van der Waals surface area contributed by atoms with Crippen molar-refractivity contribution in [2.45, 2.75) is 19.9 Å². The molecule has 158 valence electrons. The Hall–Kier alpha value is -3.58. The van der Waals surface area contributed by atoms with E-state index >= 15 is 0 Å². The summed E-state index contributed by atoms with van der Waals surface area (Å²) in [6, 6.07) is 9.60. The zero-order chi connectivity index (χ0) is 21.7. The Bertz CT molecular complexity index is 1400. The summed E-state index contributed by atoms with van der Waals surface area (Å²) < 4.78 is 14.8. The molecule has 0 saturated carbocycles. The molecule has 0 bridgehead atoms. The van der Waals surface area contributed by atoms with Crippen molar-refractivity contribution in [1.29, 1.82) is 0 Å². The van der Waals surface area contributed by atoms with E-state index < -0.39 is 0 Å². The molecule has 7 heteroatoms. The summed E-state index contributed by atoms with van der Waals surface area (Å²) in [5.41, 5.74) is 3.44. The Kier molecular flexibility index (Phi) is 4.55. The summed E-state index contributed by atoms with van der Waals surface area (Å²) >= 11 is 0. The molecule has 1 aliphatic heterocycles. The first kappa shape index (κ1) is 19.4. The number of benzene rings is 1. The third-order valence-electron chi connectivity index (χ3n) is 5.89. The van der Waals surface area contributed by atoms with Gasteiger partial charge in [0.05, 0.1) is 19.3 Å². The van der Waals surface area contributed by atoms with E-state index in [2.05, 4.69) is 4.98 Å². The van der Waals surface area contributed by atoms with Gasteiger partial charge in [0, 0.05) is 42.2 Å². The molecule has 1 fully saturated rings. The largest absolute Gasteiger partial charge is 0.450 e. The second kappa shape index (κ2) is 7.28. The monoisotopic (exact) mass is 417 g/mol. The van der Waals surface area contributed by atoms with Gasteiger partial charge in [0.2, 0.25) is 5.75 Å². The number of aromatic nitrogens is 3. The minimum atomic E-state index is -0.217. The van der Waals surface area contributed by atoms with Gasteiger partial charge in [-0.3, -0.25) is 9.59 Å². The molecule has 1 N–H and O–H groups in total. The Labute approximate surface area is 178 Å². The molecule has 5 rings (SSSR count). The SMILES string of the molecule is Cc1cccc(C)c1Oc1c(-c2cn(C)c(=O)c3[nH]ccc23)ccn(C2COC2)c1=O. The van der Waals surface area contributed by atoms with Crippen LogP contribution >= 0.6 is 0 Å². The Morgan fingerprint density at radius 2 is 1.74 bits per heavy atom. The molecule has 1 aliphatic rings. The van der Waals surface area contributed by atoms with Gasteiger partial charge in [-0.25, -0.2) is 0 Å². The molecular formula is C24H23N3O4. The number of para-hydroxylation sites is 1. The zero-order valence-corrected chi connectivity index (χ0v) is 17.6. The van der Waals surface area contributed by atoms with Gasteiger partial charge in [0.1, 0.15) is 11.3 Å². The Morgan fingerprint density at radius 3 is 2.42 bits per heavy atom. The molecule has 1 aromatic carbocycles. The van der Waals surface area contributed by atoms with E-state index in [1.165, 1.54) is 4.57 Å². The smallest absolute Gasteiger partial charge is 0.294 e. The van der Waals surface area contributed by atoms with Gasteiger partial charge in [0.25, 0.3) is 11.1 Å². The Balaban J connectivity index is 1.78. The van der Waals surface area contributed by atoms with Gasteiger partial charge < -0.3 is 23.6 Å². The van der Waals surface area contributed by atoms with Crippen molar-refractivity contribution >= 4 is 10.9 Å². The van der Waals surface area contributed by atoms with E-state index in [4.69, 9.17) is 9.47 Å². The Morgan fingerprint density at radius 1 is 1.00 bits per heavy atom. The third-order valence-corrected chi connectivity index (χ3v) is 5.89. The predicted octanol–water partition coefficient (Wildman–Crippen LogP) is 3.68. The van der Waals surface area contributed by atoms with E-state index in [0.717, 1.165) is 22.1 Å². The first-order valence-electron chi connectivity index (χ1n) is 10.2. The lowest BCUT2D eigenvalue weighted by atomic mass is 10.0. The summed E-state index contributed by atoms with van der Waals surface area (Å²) in [6.45, 7) is 4.92. The predicted molar refractivity (Wildman–Crippen MR) is 119 cm³/mol. The minimum absolute atomic E-state index is 0.00530.